The lowest BCUT2D eigenvalue weighted by molar-refractivity contribution is 0.0377. The number of nitrogens with zero attached hydrogens (tertiary/aromatic N) is 4. The Morgan fingerprint density at radius 3 is 2.71 bits per heavy atom. The summed E-state index contributed by atoms with van der Waals surface area (Å²) in [4.78, 5) is 11.9. The van der Waals surface area contributed by atoms with Crippen LogP contribution in [0.15, 0.2) is 40.6 Å². The lowest BCUT2D eigenvalue weighted by Gasteiger charge is -2.27. The molecule has 1 aromatic carbocycles. The summed E-state index contributed by atoms with van der Waals surface area (Å²) in [6, 6.07) is 6.27. The third-order valence-electron chi connectivity index (χ3n) is 5.12. The van der Waals surface area contributed by atoms with Crippen LogP contribution in [0.3, 0.4) is 0 Å². The zero-order valence-corrected chi connectivity index (χ0v) is 16.6. The number of hydrazine groups is 1. The minimum absolute atomic E-state index is 0.718. The molecule has 1 atom stereocenters. The van der Waals surface area contributed by atoms with Gasteiger partial charge in [-0.25, -0.2) is 4.99 Å². The zero-order chi connectivity index (χ0) is 19.6. The number of hydrogen-bond donors (Lipinski definition) is 3. The molecule has 0 radical (unpaired) electrons. The third kappa shape index (κ3) is 4.10. The van der Waals surface area contributed by atoms with Gasteiger partial charge in [-0.3, -0.25) is 20.6 Å². The number of fused-ring (bicyclic) bond motifs is 1. The van der Waals surface area contributed by atoms with Crippen LogP contribution in [0, 0.1) is 13.8 Å². The number of morpholine rings is 1. The third-order valence-corrected chi connectivity index (χ3v) is 5.12. The van der Waals surface area contributed by atoms with Crippen LogP contribution in [0.4, 0.5) is 0 Å². The van der Waals surface area contributed by atoms with E-state index in [1.165, 1.54) is 0 Å². The van der Waals surface area contributed by atoms with Crippen LogP contribution in [-0.2, 0) is 10.5 Å². The molecule has 150 valence electrons. The monoisotopic (exact) mass is 383 g/mol. The van der Waals surface area contributed by atoms with Crippen molar-refractivity contribution in [2.75, 3.05) is 39.4 Å². The number of nitrogens with two attached hydrogens (primary N) is 1. The Labute approximate surface area is 166 Å². The van der Waals surface area contributed by atoms with Crippen LogP contribution in [0.1, 0.15) is 23.1 Å². The predicted octanol–water partition coefficient (Wildman–Crippen LogP) is 0.786. The van der Waals surface area contributed by atoms with Gasteiger partial charge in [0, 0.05) is 44.1 Å². The van der Waals surface area contributed by atoms with E-state index < -0.39 is 5.79 Å². The van der Waals surface area contributed by atoms with E-state index in [0.29, 0.717) is 0 Å². The van der Waals surface area contributed by atoms with E-state index in [1.54, 1.807) is 0 Å². The number of nitrogens with one attached hydrogen (secondary N) is 2. The lowest BCUT2D eigenvalue weighted by atomic mass is 10.0. The molecule has 1 aromatic rings. The van der Waals surface area contributed by atoms with Gasteiger partial charge in [0.15, 0.2) is 11.7 Å². The minimum Gasteiger partial charge on any atom is -0.379 e. The first-order chi connectivity index (χ1) is 13.5. The van der Waals surface area contributed by atoms with Crippen LogP contribution in [0.25, 0.3) is 0 Å². The molecule has 3 heterocycles. The number of amidine groups is 2. The highest BCUT2D eigenvalue weighted by Crippen LogP contribution is 2.26. The SMILES string of the molecule is Cc1cc(C)cc(C2(N)N=C3C(=NCCCN4CCOCC4)NC=CN3N2)c1. The van der Waals surface area contributed by atoms with Crippen molar-refractivity contribution in [3.05, 3.63) is 47.3 Å². The second kappa shape index (κ2) is 8.00. The fraction of sp³-hybridized carbons (Fsp3) is 0.500. The molecule has 28 heavy (non-hydrogen) atoms. The molecule has 4 rings (SSSR count). The van der Waals surface area contributed by atoms with E-state index in [-0.39, 0.29) is 0 Å². The molecule has 0 amide bonds. The number of aryl methyl sites for hydroxylation is 2. The first kappa shape index (κ1) is 19.1. The van der Waals surface area contributed by atoms with Crippen LogP contribution in [-0.4, -0.2) is 61.0 Å². The molecule has 0 aromatic heterocycles. The van der Waals surface area contributed by atoms with Gasteiger partial charge in [-0.15, -0.1) is 0 Å². The fourth-order valence-corrected chi connectivity index (χ4v) is 3.76. The smallest absolute Gasteiger partial charge is 0.208 e. The summed E-state index contributed by atoms with van der Waals surface area (Å²) in [5, 5.41) is 5.05. The van der Waals surface area contributed by atoms with E-state index in [0.717, 1.165) is 74.2 Å². The Morgan fingerprint density at radius 2 is 1.96 bits per heavy atom. The second-order valence-electron chi connectivity index (χ2n) is 7.56. The van der Waals surface area contributed by atoms with Crippen LogP contribution >= 0.6 is 0 Å². The number of benzene rings is 1. The Morgan fingerprint density at radius 1 is 1.21 bits per heavy atom. The highest BCUT2D eigenvalue weighted by molar-refractivity contribution is 6.41. The van der Waals surface area contributed by atoms with Crippen LogP contribution < -0.4 is 16.5 Å². The van der Waals surface area contributed by atoms with Crippen molar-refractivity contribution in [2.24, 2.45) is 15.7 Å². The van der Waals surface area contributed by atoms with Crippen molar-refractivity contribution >= 4 is 11.7 Å². The maximum atomic E-state index is 6.62. The molecule has 1 fully saturated rings. The van der Waals surface area contributed by atoms with Crippen LogP contribution in [0.2, 0.25) is 0 Å². The summed E-state index contributed by atoms with van der Waals surface area (Å²) in [5.74, 6) is 0.459. The van der Waals surface area contributed by atoms with Crippen molar-refractivity contribution in [2.45, 2.75) is 26.1 Å². The molecule has 1 unspecified atom stereocenters. The average Bonchev–Trinajstić information content (AvgIpc) is 3.04. The number of aliphatic imine (C=N–C) groups is 2. The normalized spacial score (nSPS) is 26.3. The molecule has 4 N–H and O–H groups in total. The first-order valence-electron chi connectivity index (χ1n) is 9.86. The molecular formula is C20H29N7O. The Kier molecular flexibility index (Phi) is 5.45. The van der Waals surface area contributed by atoms with Crippen molar-refractivity contribution in [3.8, 4) is 0 Å². The maximum Gasteiger partial charge on any atom is 0.208 e. The van der Waals surface area contributed by atoms with Gasteiger partial charge in [-0.1, -0.05) is 29.3 Å². The Hall–Kier alpha value is -2.26. The summed E-state index contributed by atoms with van der Waals surface area (Å²) < 4.78 is 5.39. The molecule has 0 saturated carbocycles. The minimum atomic E-state index is -1.00. The molecule has 0 bridgehead atoms. The Balaban J connectivity index is 1.46. The summed E-state index contributed by atoms with van der Waals surface area (Å²) >= 11 is 0. The number of rotatable bonds is 5. The first-order valence-corrected chi connectivity index (χ1v) is 9.86. The molecule has 0 spiro atoms. The van der Waals surface area contributed by atoms with Crippen molar-refractivity contribution in [3.63, 3.8) is 0 Å². The molecule has 8 nitrogen and oxygen atoms in total. The molecule has 3 aliphatic rings. The van der Waals surface area contributed by atoms with Gasteiger partial charge in [0.2, 0.25) is 5.79 Å². The van der Waals surface area contributed by atoms with E-state index in [4.69, 9.17) is 20.5 Å². The van der Waals surface area contributed by atoms with Crippen molar-refractivity contribution in [1.82, 2.24) is 20.7 Å². The molecule has 8 heteroatoms. The standard InChI is InChI=1S/C20H29N7O/c1-15-12-16(2)14-17(13-15)20(21)24-19-18(23-5-7-27(19)25-20)22-4-3-6-26-8-10-28-11-9-26/h5,7,12-14,25H,3-4,6,8-11,21H2,1-2H3,(H,22,23). The summed E-state index contributed by atoms with van der Waals surface area (Å²) in [5.41, 5.74) is 13.2. The number of ether oxygens (including phenoxy) is 1. The maximum absolute atomic E-state index is 6.62. The summed E-state index contributed by atoms with van der Waals surface area (Å²) in [6.45, 7) is 9.58. The topological polar surface area (TPSA) is 90.5 Å². The molecule has 3 aliphatic heterocycles. The van der Waals surface area contributed by atoms with E-state index in [2.05, 4.69) is 47.7 Å². The number of hydrogen-bond acceptors (Lipinski definition) is 7. The van der Waals surface area contributed by atoms with Gasteiger partial charge in [0.05, 0.1) is 13.2 Å². The van der Waals surface area contributed by atoms with Gasteiger partial charge in [0.25, 0.3) is 0 Å². The molecule has 0 aliphatic carbocycles. The predicted molar refractivity (Wildman–Crippen MR) is 111 cm³/mol. The summed E-state index contributed by atoms with van der Waals surface area (Å²) in [6.07, 6.45) is 4.73. The quantitative estimate of drug-likeness (QED) is 0.651. The van der Waals surface area contributed by atoms with Crippen LogP contribution in [0.5, 0.6) is 0 Å². The Bertz CT molecular complexity index is 793. The molecular weight excluding hydrogens is 354 g/mol. The van der Waals surface area contributed by atoms with E-state index >= 15 is 0 Å². The van der Waals surface area contributed by atoms with E-state index in [9.17, 15) is 0 Å². The van der Waals surface area contributed by atoms with Gasteiger partial charge in [-0.2, -0.15) is 5.43 Å². The van der Waals surface area contributed by atoms with E-state index in [1.807, 2.05) is 17.4 Å². The largest absolute Gasteiger partial charge is 0.379 e. The second-order valence-corrected chi connectivity index (χ2v) is 7.56. The zero-order valence-electron chi connectivity index (χ0n) is 16.6. The lowest BCUT2D eigenvalue weighted by Crippen LogP contribution is -2.52. The van der Waals surface area contributed by atoms with Gasteiger partial charge < -0.3 is 10.1 Å². The molecule has 1 saturated heterocycles. The van der Waals surface area contributed by atoms with Gasteiger partial charge >= 0.3 is 0 Å². The fourth-order valence-electron chi connectivity index (χ4n) is 3.76. The van der Waals surface area contributed by atoms with Gasteiger partial charge in [-0.05, 0) is 20.3 Å². The highest BCUT2D eigenvalue weighted by Gasteiger charge is 2.39. The van der Waals surface area contributed by atoms with Crippen molar-refractivity contribution in [1.29, 1.82) is 0 Å². The van der Waals surface area contributed by atoms with Crippen molar-refractivity contribution < 1.29 is 4.74 Å². The summed E-state index contributed by atoms with van der Waals surface area (Å²) in [7, 11) is 0. The average molecular weight is 384 g/mol. The van der Waals surface area contributed by atoms with Gasteiger partial charge in [0.1, 0.15) is 0 Å². The highest BCUT2D eigenvalue weighted by atomic mass is 16.5.